The number of carbonyl (C=O) groups excluding carboxylic acids is 1. The van der Waals surface area contributed by atoms with Crippen molar-refractivity contribution < 1.29 is 19.3 Å². The number of nitrogens with one attached hydrogen (secondary N) is 1. The normalized spacial score (nSPS) is 18.1. The minimum atomic E-state index is -1.26. The summed E-state index contributed by atoms with van der Waals surface area (Å²) >= 11 is 5.98. The van der Waals surface area contributed by atoms with Gasteiger partial charge in [-0.2, -0.15) is 0 Å². The highest BCUT2D eigenvalue weighted by Gasteiger charge is 2.50. The van der Waals surface area contributed by atoms with Gasteiger partial charge in [-0.25, -0.2) is 0 Å². The molecule has 1 aliphatic rings. The van der Waals surface area contributed by atoms with Gasteiger partial charge in [-0.15, -0.1) is 0 Å². The smallest absolute Gasteiger partial charge is 0.416 e. The lowest BCUT2D eigenvalue weighted by Gasteiger charge is -2.33. The van der Waals surface area contributed by atoms with E-state index in [4.69, 9.17) is 21.2 Å². The number of fused-ring (bicyclic) bond motifs is 1. The number of carbonyl (C=O) groups is 2. The average Bonchev–Trinajstić information content (AvgIpc) is 3.01. The summed E-state index contributed by atoms with van der Waals surface area (Å²) in [6, 6.07) is 11.4. The van der Waals surface area contributed by atoms with Gasteiger partial charge in [-0.05, 0) is 102 Å². The Morgan fingerprint density at radius 3 is 2.38 bits per heavy atom. The number of aromatic nitrogens is 1. The molecule has 2 aromatic carbocycles. The SMILES string of the molecule is Cc1cc(CC(C)(C(=O)O)c2cccc(B3NC(C)(C)C(C)(C)O3)c2)c2nc(C)c(C)c(C(=O)Cl)c2c1. The second-order valence-electron chi connectivity index (χ2n) is 11.5. The molecular formula is C29H34BClN2O4. The molecule has 3 aromatic rings. The van der Waals surface area contributed by atoms with Gasteiger partial charge in [0.1, 0.15) is 0 Å². The summed E-state index contributed by atoms with van der Waals surface area (Å²) in [7, 11) is -0.354. The van der Waals surface area contributed by atoms with Gasteiger partial charge in [0.15, 0.2) is 0 Å². The van der Waals surface area contributed by atoms with Crippen LogP contribution in [-0.4, -0.2) is 39.5 Å². The molecule has 0 spiro atoms. The fourth-order valence-corrected chi connectivity index (χ4v) is 5.29. The maximum Gasteiger partial charge on any atom is 0.416 e. The number of carboxylic acids is 1. The quantitative estimate of drug-likeness (QED) is 0.351. The molecule has 1 saturated heterocycles. The van der Waals surface area contributed by atoms with Gasteiger partial charge in [0.2, 0.25) is 0 Å². The molecule has 0 bridgehead atoms. The number of carboxylic acid groups (broad SMARTS) is 1. The molecule has 8 heteroatoms. The predicted molar refractivity (Wildman–Crippen MR) is 149 cm³/mol. The van der Waals surface area contributed by atoms with Crippen molar-refractivity contribution in [3.05, 3.63) is 69.9 Å². The van der Waals surface area contributed by atoms with Crippen molar-refractivity contribution in [1.82, 2.24) is 10.2 Å². The first-order valence-corrected chi connectivity index (χ1v) is 12.8. The van der Waals surface area contributed by atoms with Crippen molar-refractivity contribution in [2.24, 2.45) is 0 Å². The van der Waals surface area contributed by atoms with Crippen LogP contribution in [-0.2, 0) is 21.3 Å². The lowest BCUT2D eigenvalue weighted by molar-refractivity contribution is -0.143. The Morgan fingerprint density at radius 2 is 1.81 bits per heavy atom. The highest BCUT2D eigenvalue weighted by atomic mass is 35.5. The van der Waals surface area contributed by atoms with Crippen molar-refractivity contribution in [2.75, 3.05) is 0 Å². The van der Waals surface area contributed by atoms with Crippen LogP contribution >= 0.6 is 11.6 Å². The molecule has 2 N–H and O–H groups in total. The van der Waals surface area contributed by atoms with Crippen LogP contribution < -0.4 is 10.7 Å². The third kappa shape index (κ3) is 4.69. The summed E-state index contributed by atoms with van der Waals surface area (Å²) in [6.45, 7) is 15.6. The van der Waals surface area contributed by atoms with Crippen LogP contribution in [0.1, 0.15) is 72.9 Å². The van der Waals surface area contributed by atoms with Gasteiger partial charge in [0.05, 0.1) is 16.5 Å². The highest BCUT2D eigenvalue weighted by Crippen LogP contribution is 2.35. The second-order valence-corrected chi connectivity index (χ2v) is 11.9. The van der Waals surface area contributed by atoms with E-state index in [1.807, 2.05) is 71.0 Å². The average molecular weight is 521 g/mol. The Morgan fingerprint density at radius 1 is 1.14 bits per heavy atom. The highest BCUT2D eigenvalue weighted by molar-refractivity contribution is 6.69. The van der Waals surface area contributed by atoms with E-state index in [2.05, 4.69) is 19.1 Å². The first-order valence-electron chi connectivity index (χ1n) is 12.5. The number of benzene rings is 2. The molecule has 1 fully saturated rings. The molecule has 37 heavy (non-hydrogen) atoms. The van der Waals surface area contributed by atoms with Crippen LogP contribution in [0.25, 0.3) is 10.9 Å². The minimum Gasteiger partial charge on any atom is -0.481 e. The molecule has 0 saturated carbocycles. The number of aliphatic carboxylic acids is 1. The van der Waals surface area contributed by atoms with Crippen molar-refractivity contribution in [3.8, 4) is 0 Å². The van der Waals surface area contributed by atoms with Crippen molar-refractivity contribution in [3.63, 3.8) is 0 Å². The van der Waals surface area contributed by atoms with Crippen LogP contribution in [0.15, 0.2) is 36.4 Å². The van der Waals surface area contributed by atoms with E-state index in [-0.39, 0.29) is 19.0 Å². The maximum absolute atomic E-state index is 12.8. The summed E-state index contributed by atoms with van der Waals surface area (Å²) in [4.78, 5) is 30.0. The zero-order valence-corrected chi connectivity index (χ0v) is 23.5. The summed E-state index contributed by atoms with van der Waals surface area (Å²) in [5, 5.41) is 14.1. The molecule has 6 nitrogen and oxygen atoms in total. The Bertz CT molecular complexity index is 1420. The second kappa shape index (κ2) is 9.23. The molecule has 2 heterocycles. The molecule has 0 aliphatic carbocycles. The Hall–Kier alpha value is -2.74. The third-order valence-corrected chi connectivity index (χ3v) is 8.44. The van der Waals surface area contributed by atoms with Gasteiger partial charge in [0.25, 0.3) is 5.24 Å². The largest absolute Gasteiger partial charge is 0.481 e. The molecule has 1 aromatic heterocycles. The van der Waals surface area contributed by atoms with Crippen LogP contribution in [0.3, 0.4) is 0 Å². The maximum atomic E-state index is 12.8. The van der Waals surface area contributed by atoms with Crippen LogP contribution in [0.5, 0.6) is 0 Å². The van der Waals surface area contributed by atoms with Gasteiger partial charge >= 0.3 is 13.0 Å². The lowest BCUT2D eigenvalue weighted by atomic mass is 9.69. The summed E-state index contributed by atoms with van der Waals surface area (Å²) in [6.07, 6.45) is 0.186. The monoisotopic (exact) mass is 520 g/mol. The molecule has 194 valence electrons. The van der Waals surface area contributed by atoms with Crippen LogP contribution in [0, 0.1) is 20.8 Å². The number of nitrogens with zero attached hydrogens (tertiary/aromatic N) is 1. The minimum absolute atomic E-state index is 0.186. The van der Waals surface area contributed by atoms with E-state index in [9.17, 15) is 14.7 Å². The molecule has 1 unspecified atom stereocenters. The lowest BCUT2D eigenvalue weighted by Crippen LogP contribution is -2.51. The molecule has 1 aliphatic heterocycles. The molecule has 1 atom stereocenters. The molecule has 0 radical (unpaired) electrons. The van der Waals surface area contributed by atoms with E-state index in [0.717, 1.165) is 22.2 Å². The standard InChI is InChI=1S/C29H34BClN2O4/c1-16-12-19(24-22(13-16)23(25(31)34)17(2)18(3)32-24)15-29(8,26(35)36)20-10-9-11-21(14-20)30-33-27(4,5)28(6,7)37-30/h9-14,33H,15H2,1-8H3,(H,35,36). The summed E-state index contributed by atoms with van der Waals surface area (Å²) in [5.41, 5.74) is 3.72. The van der Waals surface area contributed by atoms with E-state index in [1.54, 1.807) is 6.92 Å². The first kappa shape index (κ1) is 27.3. The van der Waals surface area contributed by atoms with Gasteiger partial charge in [0, 0.05) is 22.2 Å². The fourth-order valence-electron chi connectivity index (χ4n) is 5.05. The van der Waals surface area contributed by atoms with Gasteiger partial charge in [-0.3, -0.25) is 14.6 Å². The van der Waals surface area contributed by atoms with E-state index in [1.165, 1.54) is 0 Å². The molecule has 4 rings (SSSR count). The molecule has 0 amide bonds. The Balaban J connectivity index is 1.83. The number of pyridine rings is 1. The Labute approximate surface area is 223 Å². The van der Waals surface area contributed by atoms with Gasteiger partial charge in [-0.1, -0.05) is 35.9 Å². The zero-order chi connectivity index (χ0) is 27.5. The number of hydrogen-bond donors (Lipinski definition) is 2. The van der Waals surface area contributed by atoms with Crippen molar-refractivity contribution in [1.29, 1.82) is 0 Å². The Kier molecular flexibility index (Phi) is 6.81. The van der Waals surface area contributed by atoms with Crippen molar-refractivity contribution in [2.45, 2.75) is 78.4 Å². The van der Waals surface area contributed by atoms with E-state index < -0.39 is 22.2 Å². The third-order valence-electron chi connectivity index (χ3n) is 8.25. The number of rotatable bonds is 6. The number of aryl methyl sites for hydroxylation is 2. The van der Waals surface area contributed by atoms with Crippen molar-refractivity contribution >= 4 is 46.2 Å². The summed E-state index contributed by atoms with van der Waals surface area (Å²) in [5.74, 6) is -0.947. The van der Waals surface area contributed by atoms with Crippen LogP contribution in [0.4, 0.5) is 0 Å². The summed E-state index contributed by atoms with van der Waals surface area (Å²) < 4.78 is 6.32. The first-order chi connectivity index (χ1) is 17.1. The molecular weight excluding hydrogens is 487 g/mol. The number of halogens is 1. The van der Waals surface area contributed by atoms with E-state index in [0.29, 0.717) is 27.7 Å². The fraction of sp³-hybridized carbons (Fsp3) is 0.414. The number of hydrogen-bond acceptors (Lipinski definition) is 5. The zero-order valence-electron chi connectivity index (χ0n) is 22.7. The van der Waals surface area contributed by atoms with E-state index >= 15 is 0 Å². The van der Waals surface area contributed by atoms with Crippen LogP contribution in [0.2, 0.25) is 0 Å². The van der Waals surface area contributed by atoms with Gasteiger partial charge < -0.3 is 15.0 Å². The topological polar surface area (TPSA) is 88.5 Å². The predicted octanol–water partition coefficient (Wildman–Crippen LogP) is 5.00.